The Balaban J connectivity index is 1.54. The van der Waals surface area contributed by atoms with Crippen molar-refractivity contribution in [1.82, 2.24) is 4.72 Å². The minimum atomic E-state index is -3.65. The molecule has 2 aliphatic rings. The highest BCUT2D eigenvalue weighted by Crippen LogP contribution is 2.34. The minimum absolute atomic E-state index is 0.111. The number of nitrogens with one attached hydrogen (secondary N) is 1. The van der Waals surface area contributed by atoms with E-state index in [4.69, 9.17) is 14.2 Å². The second kappa shape index (κ2) is 5.43. The molecule has 1 atom stereocenters. The third-order valence-electron chi connectivity index (χ3n) is 3.86. The van der Waals surface area contributed by atoms with E-state index in [1.807, 2.05) is 24.3 Å². The monoisotopic (exact) mass is 333 g/mol. The molecule has 0 spiro atoms. The van der Waals surface area contributed by atoms with E-state index >= 15 is 0 Å². The summed E-state index contributed by atoms with van der Waals surface area (Å²) in [5.41, 5.74) is 0.997. The first-order chi connectivity index (χ1) is 11.1. The third kappa shape index (κ3) is 2.73. The molecule has 1 unspecified atom stereocenters. The molecule has 2 aromatic rings. The number of rotatable bonds is 3. The van der Waals surface area contributed by atoms with Crippen molar-refractivity contribution < 1.29 is 22.6 Å². The Hall–Kier alpha value is -2.25. The normalized spacial score (nSPS) is 19.0. The van der Waals surface area contributed by atoms with Crippen LogP contribution >= 0.6 is 0 Å². The standard InChI is InChI=1S/C16H15NO5S/c18-23(19,13-5-6-15-16(8-13)22-10-21-15)17-12-7-11-3-1-2-4-14(11)20-9-12/h1-6,8,12,17H,7,9-10H2. The van der Waals surface area contributed by atoms with Crippen LogP contribution in [0.4, 0.5) is 0 Å². The summed E-state index contributed by atoms with van der Waals surface area (Å²) in [7, 11) is -3.65. The first kappa shape index (κ1) is 14.3. The quantitative estimate of drug-likeness (QED) is 0.925. The van der Waals surface area contributed by atoms with Crippen LogP contribution < -0.4 is 18.9 Å². The Morgan fingerprint density at radius 1 is 0.957 bits per heavy atom. The fourth-order valence-electron chi connectivity index (χ4n) is 2.74. The number of para-hydroxylation sites is 1. The molecule has 2 heterocycles. The molecule has 0 fully saturated rings. The number of sulfonamides is 1. The zero-order valence-corrected chi connectivity index (χ0v) is 13.0. The van der Waals surface area contributed by atoms with Gasteiger partial charge in [0.1, 0.15) is 12.4 Å². The summed E-state index contributed by atoms with van der Waals surface area (Å²) in [6.07, 6.45) is 0.597. The zero-order valence-electron chi connectivity index (χ0n) is 12.2. The summed E-state index contributed by atoms with van der Waals surface area (Å²) in [5, 5.41) is 0. The molecule has 4 rings (SSSR count). The Morgan fingerprint density at radius 3 is 2.70 bits per heavy atom. The lowest BCUT2D eigenvalue weighted by Gasteiger charge is -2.25. The van der Waals surface area contributed by atoms with Gasteiger partial charge in [0.25, 0.3) is 0 Å². The number of fused-ring (bicyclic) bond motifs is 2. The van der Waals surface area contributed by atoms with Gasteiger partial charge in [0.2, 0.25) is 16.8 Å². The summed E-state index contributed by atoms with van der Waals surface area (Å²) in [4.78, 5) is 0.153. The molecule has 1 N–H and O–H groups in total. The van der Waals surface area contributed by atoms with Crippen LogP contribution in [0.5, 0.6) is 17.2 Å². The molecule has 0 amide bonds. The fraction of sp³-hybridized carbons (Fsp3) is 0.250. The molecule has 0 saturated heterocycles. The lowest BCUT2D eigenvalue weighted by molar-refractivity contribution is 0.174. The van der Waals surface area contributed by atoms with Crippen LogP contribution in [-0.4, -0.2) is 27.9 Å². The van der Waals surface area contributed by atoms with E-state index in [2.05, 4.69) is 4.72 Å². The molecule has 2 aliphatic heterocycles. The van der Waals surface area contributed by atoms with Crippen LogP contribution in [0.3, 0.4) is 0 Å². The average molecular weight is 333 g/mol. The molecule has 0 bridgehead atoms. The van der Waals surface area contributed by atoms with Gasteiger partial charge < -0.3 is 14.2 Å². The van der Waals surface area contributed by atoms with Crippen molar-refractivity contribution >= 4 is 10.0 Å². The predicted octanol–water partition coefficient (Wildman–Crippen LogP) is 1.70. The minimum Gasteiger partial charge on any atom is -0.492 e. The van der Waals surface area contributed by atoms with E-state index in [1.165, 1.54) is 12.1 Å². The van der Waals surface area contributed by atoms with Crippen molar-refractivity contribution in [3.05, 3.63) is 48.0 Å². The van der Waals surface area contributed by atoms with Crippen LogP contribution in [0, 0.1) is 0 Å². The largest absolute Gasteiger partial charge is 0.492 e. The number of benzene rings is 2. The SMILES string of the molecule is O=S(=O)(NC1COc2ccccc2C1)c1ccc2c(c1)OCO2. The van der Waals surface area contributed by atoms with Crippen molar-refractivity contribution in [2.24, 2.45) is 0 Å². The lowest BCUT2D eigenvalue weighted by atomic mass is 10.0. The smallest absolute Gasteiger partial charge is 0.241 e. The van der Waals surface area contributed by atoms with Crippen molar-refractivity contribution in [3.63, 3.8) is 0 Å². The highest BCUT2D eigenvalue weighted by Gasteiger charge is 2.26. The average Bonchev–Trinajstić information content (AvgIpc) is 3.02. The molecule has 0 radical (unpaired) electrons. The second-order valence-corrected chi connectivity index (χ2v) is 7.17. The summed E-state index contributed by atoms with van der Waals surface area (Å²) in [5.74, 6) is 1.81. The topological polar surface area (TPSA) is 73.9 Å². The third-order valence-corrected chi connectivity index (χ3v) is 5.37. The Bertz CT molecular complexity index is 849. The highest BCUT2D eigenvalue weighted by molar-refractivity contribution is 7.89. The van der Waals surface area contributed by atoms with Gasteiger partial charge in [-0.2, -0.15) is 0 Å². The molecule has 120 valence electrons. The molecular formula is C16H15NO5S. The maximum absolute atomic E-state index is 12.5. The van der Waals surface area contributed by atoms with Gasteiger partial charge in [0.15, 0.2) is 11.5 Å². The number of hydrogen-bond acceptors (Lipinski definition) is 5. The van der Waals surface area contributed by atoms with Gasteiger partial charge in [-0.25, -0.2) is 13.1 Å². The van der Waals surface area contributed by atoms with E-state index in [1.54, 1.807) is 6.07 Å². The van der Waals surface area contributed by atoms with Crippen molar-refractivity contribution in [2.75, 3.05) is 13.4 Å². The van der Waals surface area contributed by atoms with E-state index in [9.17, 15) is 8.42 Å². The molecule has 2 aromatic carbocycles. The van der Waals surface area contributed by atoms with Gasteiger partial charge in [-0.1, -0.05) is 18.2 Å². The summed E-state index contributed by atoms with van der Waals surface area (Å²) < 4.78 is 43.8. The molecule has 0 aromatic heterocycles. The molecule has 0 aliphatic carbocycles. The summed E-state index contributed by atoms with van der Waals surface area (Å²) in [6, 6.07) is 11.9. The maximum Gasteiger partial charge on any atom is 0.241 e. The molecular weight excluding hydrogens is 318 g/mol. The first-order valence-corrected chi connectivity index (χ1v) is 8.73. The van der Waals surface area contributed by atoms with Gasteiger partial charge in [-0.15, -0.1) is 0 Å². The lowest BCUT2D eigenvalue weighted by Crippen LogP contribution is -2.42. The number of ether oxygens (including phenoxy) is 3. The summed E-state index contributed by atoms with van der Waals surface area (Å²) in [6.45, 7) is 0.417. The van der Waals surface area contributed by atoms with Crippen LogP contribution in [0.25, 0.3) is 0 Å². The zero-order chi connectivity index (χ0) is 15.9. The Labute approximate surface area is 134 Å². The fourth-order valence-corrected chi connectivity index (χ4v) is 3.97. The van der Waals surface area contributed by atoms with Crippen molar-refractivity contribution in [3.8, 4) is 17.2 Å². The van der Waals surface area contributed by atoms with Crippen LogP contribution in [0.1, 0.15) is 5.56 Å². The van der Waals surface area contributed by atoms with E-state index in [0.29, 0.717) is 24.5 Å². The van der Waals surface area contributed by atoms with Gasteiger partial charge in [0, 0.05) is 6.07 Å². The Morgan fingerprint density at radius 2 is 1.78 bits per heavy atom. The van der Waals surface area contributed by atoms with Gasteiger partial charge in [0.05, 0.1) is 10.9 Å². The molecule has 0 saturated carbocycles. The molecule has 7 heteroatoms. The highest BCUT2D eigenvalue weighted by atomic mass is 32.2. The molecule has 6 nitrogen and oxygen atoms in total. The van der Waals surface area contributed by atoms with Gasteiger partial charge >= 0.3 is 0 Å². The number of hydrogen-bond donors (Lipinski definition) is 1. The van der Waals surface area contributed by atoms with E-state index in [-0.39, 0.29) is 17.7 Å². The van der Waals surface area contributed by atoms with E-state index in [0.717, 1.165) is 11.3 Å². The van der Waals surface area contributed by atoms with Crippen LogP contribution in [0.2, 0.25) is 0 Å². The van der Waals surface area contributed by atoms with Crippen molar-refractivity contribution in [1.29, 1.82) is 0 Å². The van der Waals surface area contributed by atoms with Gasteiger partial charge in [-0.3, -0.25) is 0 Å². The van der Waals surface area contributed by atoms with Crippen LogP contribution in [0.15, 0.2) is 47.4 Å². The maximum atomic E-state index is 12.5. The van der Waals surface area contributed by atoms with Gasteiger partial charge in [-0.05, 0) is 30.2 Å². The van der Waals surface area contributed by atoms with E-state index < -0.39 is 10.0 Å². The van der Waals surface area contributed by atoms with Crippen molar-refractivity contribution in [2.45, 2.75) is 17.4 Å². The summed E-state index contributed by atoms with van der Waals surface area (Å²) >= 11 is 0. The van der Waals surface area contributed by atoms with Crippen LogP contribution in [-0.2, 0) is 16.4 Å². The first-order valence-electron chi connectivity index (χ1n) is 7.24. The second-order valence-electron chi connectivity index (χ2n) is 5.46. The predicted molar refractivity (Wildman–Crippen MR) is 82.3 cm³/mol. The molecule has 23 heavy (non-hydrogen) atoms. The Kier molecular flexibility index (Phi) is 3.39.